The van der Waals surface area contributed by atoms with Gasteiger partial charge in [-0.25, -0.2) is 0 Å². The van der Waals surface area contributed by atoms with E-state index in [0.29, 0.717) is 18.0 Å². The molecule has 2 fully saturated rings. The summed E-state index contributed by atoms with van der Waals surface area (Å²) < 4.78 is 0. The number of likely N-dealkylation sites (tertiary alicyclic amines) is 1. The summed E-state index contributed by atoms with van der Waals surface area (Å²) in [6.07, 6.45) is 3.23. The minimum Gasteiger partial charge on any atom is -0.344 e. The van der Waals surface area contributed by atoms with E-state index >= 15 is 0 Å². The van der Waals surface area contributed by atoms with Crippen LogP contribution in [0.3, 0.4) is 0 Å². The first kappa shape index (κ1) is 9.00. The van der Waals surface area contributed by atoms with Crippen LogP contribution in [-0.4, -0.2) is 47.9 Å². The van der Waals surface area contributed by atoms with Gasteiger partial charge in [0, 0.05) is 32.1 Å². The van der Waals surface area contributed by atoms with Crippen LogP contribution in [-0.2, 0) is 4.79 Å². The van der Waals surface area contributed by atoms with Gasteiger partial charge in [0.05, 0.1) is 0 Å². The van der Waals surface area contributed by atoms with Gasteiger partial charge in [0.2, 0.25) is 5.91 Å². The van der Waals surface area contributed by atoms with Crippen molar-refractivity contribution in [1.82, 2.24) is 9.80 Å². The lowest BCUT2D eigenvalue weighted by molar-refractivity contribution is -0.130. The molecule has 0 aliphatic carbocycles. The Balaban J connectivity index is 2.15. The fraction of sp³-hybridized carbons (Fsp3) is 0.900. The first-order chi connectivity index (χ1) is 6.22. The maximum atomic E-state index is 11.6. The van der Waals surface area contributed by atoms with Crippen molar-refractivity contribution in [3.63, 3.8) is 0 Å². The molecule has 0 aromatic rings. The normalized spacial score (nSPS) is 35.2. The Morgan fingerprint density at radius 1 is 1.38 bits per heavy atom. The van der Waals surface area contributed by atoms with Crippen LogP contribution in [0.1, 0.15) is 26.2 Å². The largest absolute Gasteiger partial charge is 0.344 e. The molecule has 3 heteroatoms. The molecule has 2 aliphatic heterocycles. The summed E-state index contributed by atoms with van der Waals surface area (Å²) in [6.45, 7) is 4.22. The molecule has 0 radical (unpaired) electrons. The summed E-state index contributed by atoms with van der Waals surface area (Å²) in [5.74, 6) is 0.325. The highest BCUT2D eigenvalue weighted by molar-refractivity contribution is 5.77. The fourth-order valence-electron chi connectivity index (χ4n) is 2.72. The molecule has 0 aromatic carbocycles. The number of likely N-dealkylation sites (N-methyl/N-ethyl adjacent to an activating group) is 2. The van der Waals surface area contributed by atoms with Gasteiger partial charge in [-0.15, -0.1) is 0 Å². The Bertz CT molecular complexity index is 217. The maximum absolute atomic E-state index is 11.6. The number of fused-ring (bicyclic) bond motifs is 2. The number of carbonyl (C=O) groups is 1. The summed E-state index contributed by atoms with van der Waals surface area (Å²) in [7, 11) is 1.93. The van der Waals surface area contributed by atoms with Gasteiger partial charge in [-0.1, -0.05) is 6.92 Å². The minimum absolute atomic E-state index is 0.325. The van der Waals surface area contributed by atoms with Gasteiger partial charge in [0.25, 0.3) is 0 Å². The predicted molar refractivity (Wildman–Crippen MR) is 51.4 cm³/mol. The van der Waals surface area contributed by atoms with Gasteiger partial charge in [-0.3, -0.25) is 9.69 Å². The van der Waals surface area contributed by atoms with Crippen molar-refractivity contribution >= 4 is 5.91 Å². The Morgan fingerprint density at radius 3 is 2.77 bits per heavy atom. The predicted octanol–water partition coefficient (Wildman–Crippen LogP) is 0.701. The zero-order chi connectivity index (χ0) is 9.42. The second-order valence-electron chi connectivity index (χ2n) is 4.19. The first-order valence-electron chi connectivity index (χ1n) is 5.22. The zero-order valence-electron chi connectivity index (χ0n) is 8.49. The van der Waals surface area contributed by atoms with Crippen molar-refractivity contribution in [1.29, 1.82) is 0 Å². The van der Waals surface area contributed by atoms with E-state index in [0.717, 1.165) is 19.5 Å². The van der Waals surface area contributed by atoms with Gasteiger partial charge in [0.15, 0.2) is 0 Å². The van der Waals surface area contributed by atoms with Crippen molar-refractivity contribution in [2.45, 2.75) is 38.3 Å². The number of hydrogen-bond donors (Lipinski definition) is 0. The van der Waals surface area contributed by atoms with E-state index in [1.54, 1.807) is 0 Å². The van der Waals surface area contributed by atoms with E-state index in [1.165, 1.54) is 12.8 Å². The molecule has 2 unspecified atom stereocenters. The summed E-state index contributed by atoms with van der Waals surface area (Å²) in [6, 6.07) is 1.17. The maximum Gasteiger partial charge on any atom is 0.223 e. The minimum atomic E-state index is 0.325. The van der Waals surface area contributed by atoms with Crippen molar-refractivity contribution in [3.05, 3.63) is 0 Å². The van der Waals surface area contributed by atoms with Crippen LogP contribution in [0.5, 0.6) is 0 Å². The number of rotatable bonds is 1. The fourth-order valence-corrected chi connectivity index (χ4v) is 2.72. The van der Waals surface area contributed by atoms with E-state index in [-0.39, 0.29) is 0 Å². The van der Waals surface area contributed by atoms with Crippen LogP contribution in [0.2, 0.25) is 0 Å². The molecular formula is C10H18N2O. The van der Waals surface area contributed by atoms with Crippen LogP contribution in [0.25, 0.3) is 0 Å². The lowest BCUT2D eigenvalue weighted by atomic mass is 10.1. The quantitative estimate of drug-likeness (QED) is 0.596. The molecule has 0 saturated carbocycles. The van der Waals surface area contributed by atoms with Crippen molar-refractivity contribution in [2.24, 2.45) is 0 Å². The molecule has 3 nitrogen and oxygen atoms in total. The summed E-state index contributed by atoms with van der Waals surface area (Å²) >= 11 is 0. The lowest BCUT2D eigenvalue weighted by Crippen LogP contribution is -2.38. The number of hydrogen-bond acceptors (Lipinski definition) is 2. The Kier molecular flexibility index (Phi) is 2.28. The summed E-state index contributed by atoms with van der Waals surface area (Å²) in [4.78, 5) is 16.0. The number of amides is 1. The van der Waals surface area contributed by atoms with Gasteiger partial charge in [-0.05, 0) is 19.4 Å². The molecule has 13 heavy (non-hydrogen) atoms. The van der Waals surface area contributed by atoms with Gasteiger partial charge in [-0.2, -0.15) is 0 Å². The van der Waals surface area contributed by atoms with E-state index in [1.807, 2.05) is 11.9 Å². The third kappa shape index (κ3) is 1.46. The van der Waals surface area contributed by atoms with Crippen LogP contribution in [0.15, 0.2) is 0 Å². The molecule has 2 bridgehead atoms. The molecule has 74 valence electrons. The molecule has 2 heterocycles. The van der Waals surface area contributed by atoms with E-state index in [4.69, 9.17) is 0 Å². The highest BCUT2D eigenvalue weighted by Gasteiger charge is 2.37. The standard InChI is InChI=1S/C10H18N2O/c1-3-12-8-4-5-9(12)7-11(2)10(13)6-8/h8-9H,3-7H2,1-2H3. The third-order valence-electron chi connectivity index (χ3n) is 3.46. The van der Waals surface area contributed by atoms with Crippen LogP contribution in [0.4, 0.5) is 0 Å². The van der Waals surface area contributed by atoms with Gasteiger partial charge >= 0.3 is 0 Å². The Labute approximate surface area is 79.7 Å². The van der Waals surface area contributed by atoms with E-state index < -0.39 is 0 Å². The highest BCUT2D eigenvalue weighted by Crippen LogP contribution is 2.29. The SMILES string of the molecule is CCN1C2CCC1CN(C)C(=O)C2. The molecule has 2 rings (SSSR count). The van der Waals surface area contributed by atoms with Crippen LogP contribution < -0.4 is 0 Å². The molecular weight excluding hydrogens is 164 g/mol. The van der Waals surface area contributed by atoms with Crippen molar-refractivity contribution < 1.29 is 4.79 Å². The van der Waals surface area contributed by atoms with Crippen LogP contribution >= 0.6 is 0 Å². The molecule has 2 atom stereocenters. The van der Waals surface area contributed by atoms with Crippen LogP contribution in [0, 0.1) is 0 Å². The molecule has 2 aliphatic rings. The first-order valence-corrected chi connectivity index (χ1v) is 5.22. The Hall–Kier alpha value is -0.570. The zero-order valence-corrected chi connectivity index (χ0v) is 8.49. The number of carbonyl (C=O) groups excluding carboxylic acids is 1. The monoisotopic (exact) mass is 182 g/mol. The van der Waals surface area contributed by atoms with E-state index in [9.17, 15) is 4.79 Å². The topological polar surface area (TPSA) is 23.6 Å². The van der Waals surface area contributed by atoms with Gasteiger partial charge < -0.3 is 4.90 Å². The molecule has 0 N–H and O–H groups in total. The second kappa shape index (κ2) is 3.29. The average Bonchev–Trinajstić information content (AvgIpc) is 2.41. The van der Waals surface area contributed by atoms with E-state index in [2.05, 4.69) is 11.8 Å². The molecule has 0 spiro atoms. The second-order valence-corrected chi connectivity index (χ2v) is 4.19. The van der Waals surface area contributed by atoms with Gasteiger partial charge in [0.1, 0.15) is 0 Å². The molecule has 0 aromatic heterocycles. The lowest BCUT2D eigenvalue weighted by Gasteiger charge is -2.25. The molecule has 2 saturated heterocycles. The average molecular weight is 182 g/mol. The molecule has 1 amide bonds. The summed E-state index contributed by atoms with van der Waals surface area (Å²) in [5.41, 5.74) is 0. The van der Waals surface area contributed by atoms with Crippen molar-refractivity contribution in [3.8, 4) is 0 Å². The third-order valence-corrected chi connectivity index (χ3v) is 3.46. The highest BCUT2D eigenvalue weighted by atomic mass is 16.2. The summed E-state index contributed by atoms with van der Waals surface area (Å²) in [5, 5.41) is 0. The number of nitrogens with zero attached hydrogens (tertiary/aromatic N) is 2. The van der Waals surface area contributed by atoms with Crippen molar-refractivity contribution in [2.75, 3.05) is 20.1 Å². The Morgan fingerprint density at radius 2 is 2.08 bits per heavy atom. The smallest absolute Gasteiger partial charge is 0.223 e.